The lowest BCUT2D eigenvalue weighted by atomic mass is 9.89. The highest BCUT2D eigenvalue weighted by atomic mass is 35.5. The molecule has 1 saturated carbocycles. The van der Waals surface area contributed by atoms with Crippen LogP contribution in [0.2, 0.25) is 5.02 Å². The molecule has 1 aliphatic rings. The van der Waals surface area contributed by atoms with Crippen molar-refractivity contribution < 1.29 is 23.4 Å². The molecular weight excluding hydrogens is 469 g/mol. The van der Waals surface area contributed by atoms with Gasteiger partial charge in [0.15, 0.2) is 23.6 Å². The highest BCUT2D eigenvalue weighted by Crippen LogP contribution is 2.40. The van der Waals surface area contributed by atoms with Crippen LogP contribution < -0.4 is 9.47 Å². The van der Waals surface area contributed by atoms with E-state index < -0.39 is 11.7 Å². The van der Waals surface area contributed by atoms with Crippen LogP contribution in [0.1, 0.15) is 60.6 Å². The van der Waals surface area contributed by atoms with Crippen molar-refractivity contribution in [3.05, 3.63) is 87.6 Å². The third kappa shape index (κ3) is 5.70. The monoisotopic (exact) mass is 495 g/mol. The summed E-state index contributed by atoms with van der Waals surface area (Å²) in [5.41, 5.74) is 2.16. The highest BCUT2D eigenvalue weighted by molar-refractivity contribution is 6.31. The first kappa shape index (κ1) is 24.9. The largest absolute Gasteiger partial charge is 0.618 e. The average molecular weight is 496 g/mol. The quantitative estimate of drug-likeness (QED) is 0.194. The van der Waals surface area contributed by atoms with E-state index in [-0.39, 0.29) is 28.6 Å². The number of hydrogen-bond acceptors (Lipinski definition) is 4. The Labute approximate surface area is 209 Å². The van der Waals surface area contributed by atoms with E-state index in [1.165, 1.54) is 19.2 Å². The Morgan fingerprint density at radius 2 is 1.86 bits per heavy atom. The maximum Gasteiger partial charge on any atom is 0.203 e. The van der Waals surface area contributed by atoms with Crippen LogP contribution in [0, 0.1) is 16.9 Å². The lowest BCUT2D eigenvalue weighted by Gasteiger charge is -2.17. The molecule has 35 heavy (non-hydrogen) atoms. The summed E-state index contributed by atoms with van der Waals surface area (Å²) in [4.78, 5) is 24.8. The molecule has 1 atom stereocenters. The number of benzene rings is 2. The van der Waals surface area contributed by atoms with Gasteiger partial charge in [-0.3, -0.25) is 9.59 Å². The molecule has 1 heterocycles. The number of rotatable bonds is 10. The first-order chi connectivity index (χ1) is 16.8. The number of hydrogen-bond donors (Lipinski definition) is 0. The SMILES string of the molecule is CCOc1ccc(Cl)c(F)c1-c1ccc(C(CC2CC2)C(=O)Cc2ccc(C(C)=O)cc2)[n+]([O-])c1. The molecule has 2 aromatic carbocycles. The van der Waals surface area contributed by atoms with Crippen molar-refractivity contribution in [2.24, 2.45) is 5.92 Å². The van der Waals surface area contributed by atoms with Gasteiger partial charge in [-0.25, -0.2) is 4.39 Å². The maximum absolute atomic E-state index is 14.9. The standard InChI is InChI=1S/C28H27ClFNO4/c1-3-35-26-13-11-23(29)28(30)27(26)21-10-12-24(31(34)16-21)22(14-18-4-5-18)25(33)15-19-6-8-20(9-7-19)17(2)32/h6-13,16,18,22H,3-5,14-15H2,1-2H3. The zero-order valence-corrected chi connectivity index (χ0v) is 20.5. The molecule has 4 rings (SSSR count). The lowest BCUT2D eigenvalue weighted by molar-refractivity contribution is -0.614. The molecule has 0 radical (unpaired) electrons. The zero-order chi connectivity index (χ0) is 25.1. The minimum atomic E-state index is -0.662. The first-order valence-electron chi connectivity index (χ1n) is 11.7. The van der Waals surface area contributed by atoms with E-state index in [4.69, 9.17) is 16.3 Å². The number of pyridine rings is 1. The van der Waals surface area contributed by atoms with Gasteiger partial charge in [0.1, 0.15) is 11.7 Å². The summed E-state index contributed by atoms with van der Waals surface area (Å²) in [7, 11) is 0. The van der Waals surface area contributed by atoms with Gasteiger partial charge in [-0.1, -0.05) is 48.7 Å². The van der Waals surface area contributed by atoms with E-state index in [1.54, 1.807) is 49.4 Å². The van der Waals surface area contributed by atoms with Crippen LogP contribution in [0.15, 0.2) is 54.7 Å². The normalized spacial score (nSPS) is 13.9. The van der Waals surface area contributed by atoms with Crippen LogP contribution in [0.5, 0.6) is 5.75 Å². The van der Waals surface area contributed by atoms with E-state index >= 15 is 0 Å². The molecule has 7 heteroatoms. The summed E-state index contributed by atoms with van der Waals surface area (Å²) in [6.07, 6.45) is 4.12. The predicted molar refractivity (Wildman–Crippen MR) is 132 cm³/mol. The number of halogens is 2. The van der Waals surface area contributed by atoms with Crippen molar-refractivity contribution in [3.63, 3.8) is 0 Å². The number of ketones is 2. The Hall–Kier alpha value is -3.25. The van der Waals surface area contributed by atoms with E-state index in [1.807, 2.05) is 0 Å². The fraction of sp³-hybridized carbons (Fsp3) is 0.321. The topological polar surface area (TPSA) is 70.3 Å². The second kappa shape index (κ2) is 10.6. The second-order valence-corrected chi connectivity index (χ2v) is 9.37. The van der Waals surface area contributed by atoms with Gasteiger partial charge >= 0.3 is 0 Å². The molecule has 1 aromatic heterocycles. The fourth-order valence-electron chi connectivity index (χ4n) is 4.27. The molecule has 0 N–H and O–H groups in total. The number of aromatic nitrogens is 1. The minimum absolute atomic E-state index is 0.0365. The lowest BCUT2D eigenvalue weighted by Crippen LogP contribution is -2.36. The molecule has 0 aliphatic heterocycles. The minimum Gasteiger partial charge on any atom is -0.618 e. The van der Waals surface area contributed by atoms with Crippen LogP contribution in [-0.4, -0.2) is 18.2 Å². The molecule has 182 valence electrons. The summed E-state index contributed by atoms with van der Waals surface area (Å²) >= 11 is 5.99. The third-order valence-electron chi connectivity index (χ3n) is 6.34. The van der Waals surface area contributed by atoms with Crippen molar-refractivity contribution >= 4 is 23.2 Å². The van der Waals surface area contributed by atoms with Crippen LogP contribution in [0.4, 0.5) is 4.39 Å². The smallest absolute Gasteiger partial charge is 0.203 e. The van der Waals surface area contributed by atoms with Gasteiger partial charge in [0, 0.05) is 18.1 Å². The summed E-state index contributed by atoms with van der Waals surface area (Å²) in [6.45, 7) is 3.61. The van der Waals surface area contributed by atoms with Gasteiger partial charge in [0.25, 0.3) is 0 Å². The highest BCUT2D eigenvalue weighted by Gasteiger charge is 2.34. The third-order valence-corrected chi connectivity index (χ3v) is 6.63. The van der Waals surface area contributed by atoms with E-state index in [0.717, 1.165) is 18.4 Å². The molecule has 0 bridgehead atoms. The first-order valence-corrected chi connectivity index (χ1v) is 12.1. The number of nitrogens with zero attached hydrogens (tertiary/aromatic N) is 1. The number of carbonyl (C=O) groups is 2. The average Bonchev–Trinajstić information content (AvgIpc) is 3.65. The Balaban J connectivity index is 1.64. The Kier molecular flexibility index (Phi) is 7.51. The van der Waals surface area contributed by atoms with Crippen LogP contribution in [0.3, 0.4) is 0 Å². The van der Waals surface area contributed by atoms with Gasteiger partial charge < -0.3 is 9.94 Å². The molecular formula is C28H27ClFNO4. The van der Waals surface area contributed by atoms with Gasteiger partial charge in [0.05, 0.1) is 22.8 Å². The van der Waals surface area contributed by atoms with Crippen molar-refractivity contribution in [1.82, 2.24) is 0 Å². The van der Waals surface area contributed by atoms with Crippen molar-refractivity contribution in [3.8, 4) is 16.9 Å². The van der Waals surface area contributed by atoms with Crippen LogP contribution in [0.25, 0.3) is 11.1 Å². The van der Waals surface area contributed by atoms with Gasteiger partial charge in [-0.15, -0.1) is 0 Å². The van der Waals surface area contributed by atoms with Crippen molar-refractivity contribution in [1.29, 1.82) is 0 Å². The molecule has 1 aliphatic carbocycles. The maximum atomic E-state index is 14.9. The van der Waals surface area contributed by atoms with Gasteiger partial charge in [-0.05, 0) is 49.9 Å². The summed E-state index contributed by atoms with van der Waals surface area (Å²) < 4.78 is 21.1. The van der Waals surface area contributed by atoms with E-state index in [0.29, 0.717) is 46.2 Å². The van der Waals surface area contributed by atoms with E-state index in [2.05, 4.69) is 0 Å². The molecule has 3 aromatic rings. The number of ether oxygens (including phenoxy) is 1. The van der Waals surface area contributed by atoms with Crippen molar-refractivity contribution in [2.45, 2.75) is 45.4 Å². The Bertz CT molecular complexity index is 1250. The summed E-state index contributed by atoms with van der Waals surface area (Å²) in [5, 5.41) is 13.1. The molecule has 0 saturated heterocycles. The molecule has 1 fully saturated rings. The molecule has 0 amide bonds. The van der Waals surface area contributed by atoms with E-state index in [9.17, 15) is 19.2 Å². The zero-order valence-electron chi connectivity index (χ0n) is 19.7. The second-order valence-electron chi connectivity index (χ2n) is 8.96. The Morgan fingerprint density at radius 3 is 2.46 bits per heavy atom. The number of Topliss-reactive ketones (excluding diaryl/α,β-unsaturated/α-hetero) is 2. The molecule has 1 unspecified atom stereocenters. The Morgan fingerprint density at radius 1 is 1.14 bits per heavy atom. The summed E-state index contributed by atoms with van der Waals surface area (Å²) in [6, 6.07) is 13.2. The van der Waals surface area contributed by atoms with Crippen LogP contribution in [-0.2, 0) is 11.2 Å². The van der Waals surface area contributed by atoms with Crippen molar-refractivity contribution in [2.75, 3.05) is 6.61 Å². The van der Waals surface area contributed by atoms with Crippen LogP contribution >= 0.6 is 11.6 Å². The fourth-order valence-corrected chi connectivity index (χ4v) is 4.43. The van der Waals surface area contributed by atoms with Gasteiger partial charge in [-0.2, -0.15) is 4.73 Å². The molecule has 5 nitrogen and oxygen atoms in total. The predicted octanol–water partition coefficient (Wildman–Crippen LogP) is 6.08. The number of carbonyl (C=O) groups excluding carboxylic acids is 2. The van der Waals surface area contributed by atoms with Gasteiger partial charge in [0.2, 0.25) is 5.69 Å². The molecule has 0 spiro atoms. The summed E-state index contributed by atoms with van der Waals surface area (Å²) in [5.74, 6) is -0.623.